The second-order valence-corrected chi connectivity index (χ2v) is 5.52. The average Bonchev–Trinajstić information content (AvgIpc) is 2.73. The van der Waals surface area contributed by atoms with E-state index in [4.69, 9.17) is 0 Å². The van der Waals surface area contributed by atoms with E-state index in [1.54, 1.807) is 13.8 Å². The van der Waals surface area contributed by atoms with Gasteiger partial charge in [0.05, 0.1) is 4.92 Å². The molecule has 0 bridgehead atoms. The molecule has 1 saturated heterocycles. The van der Waals surface area contributed by atoms with Crippen molar-refractivity contribution >= 4 is 17.6 Å². The van der Waals surface area contributed by atoms with Crippen LogP contribution in [0.2, 0.25) is 0 Å². The largest absolute Gasteiger partial charge is 0.422 e. The molecule has 1 aliphatic rings. The Morgan fingerprint density at radius 1 is 1.33 bits per heavy atom. The molecule has 130 valence electrons. The number of rotatable bonds is 6. The maximum absolute atomic E-state index is 13.9. The predicted octanol–water partition coefficient (Wildman–Crippen LogP) is 0.690. The summed E-state index contributed by atoms with van der Waals surface area (Å²) in [4.78, 5) is 33.7. The molecule has 1 aromatic rings. The highest BCUT2D eigenvalue weighted by molar-refractivity contribution is 6.31. The van der Waals surface area contributed by atoms with Crippen molar-refractivity contribution in [3.05, 3.63) is 39.7 Å². The van der Waals surface area contributed by atoms with Crippen molar-refractivity contribution in [3.63, 3.8) is 0 Å². The lowest BCUT2D eigenvalue weighted by molar-refractivity contribution is -0.385. The smallest absolute Gasteiger partial charge is 0.388 e. The highest BCUT2D eigenvalue weighted by atomic mass is 19.1. The van der Waals surface area contributed by atoms with Crippen LogP contribution < -0.4 is 0 Å². The van der Waals surface area contributed by atoms with E-state index in [2.05, 4.69) is 9.47 Å². The van der Waals surface area contributed by atoms with Gasteiger partial charge in [-0.2, -0.15) is 0 Å². The topological polar surface area (TPSA) is 119 Å². The number of nitrogens with zero attached hydrogens (tertiary/aromatic N) is 2. The van der Waals surface area contributed by atoms with Crippen molar-refractivity contribution in [1.82, 2.24) is 4.90 Å². The van der Waals surface area contributed by atoms with Crippen LogP contribution in [-0.4, -0.2) is 45.4 Å². The van der Waals surface area contributed by atoms with Gasteiger partial charge in [0, 0.05) is 30.3 Å². The Kier molecular flexibility index (Phi) is 4.81. The zero-order valence-corrected chi connectivity index (χ0v) is 12.9. The van der Waals surface area contributed by atoms with Crippen molar-refractivity contribution in [3.8, 4) is 0 Å². The molecule has 0 aliphatic carbocycles. The first kappa shape index (κ1) is 17.8. The SMILES string of the molecule is CC(C)N(Cc1cc([N+](=O)[O-])ccc1F)CC1(O)OC(=O)C(=O)O1. The molecule has 0 spiro atoms. The van der Waals surface area contributed by atoms with Crippen LogP contribution in [0.5, 0.6) is 0 Å². The quantitative estimate of drug-likeness (QED) is 0.347. The summed E-state index contributed by atoms with van der Waals surface area (Å²) in [6.07, 6.45) is 0. The number of carbonyl (C=O) groups is 2. The molecule has 10 heteroatoms. The molecular weight excluding hydrogens is 327 g/mol. The monoisotopic (exact) mass is 342 g/mol. The van der Waals surface area contributed by atoms with E-state index in [1.807, 2.05) is 0 Å². The highest BCUT2D eigenvalue weighted by Gasteiger charge is 2.49. The first-order valence-electron chi connectivity index (χ1n) is 6.97. The Morgan fingerprint density at radius 3 is 2.42 bits per heavy atom. The van der Waals surface area contributed by atoms with Gasteiger partial charge in [-0.3, -0.25) is 15.0 Å². The summed E-state index contributed by atoms with van der Waals surface area (Å²) in [5.74, 6) is -5.81. The summed E-state index contributed by atoms with van der Waals surface area (Å²) in [5.41, 5.74) is -0.273. The van der Waals surface area contributed by atoms with E-state index < -0.39 is 35.2 Å². The first-order chi connectivity index (χ1) is 11.1. The molecule has 1 heterocycles. The summed E-state index contributed by atoms with van der Waals surface area (Å²) in [6.45, 7) is 2.83. The molecule has 0 atom stereocenters. The summed E-state index contributed by atoms with van der Waals surface area (Å²) in [6, 6.07) is 2.79. The van der Waals surface area contributed by atoms with Gasteiger partial charge in [-0.1, -0.05) is 0 Å². The highest BCUT2D eigenvalue weighted by Crippen LogP contribution is 2.24. The molecule has 1 aromatic carbocycles. The van der Waals surface area contributed by atoms with Crippen molar-refractivity contribution in [2.45, 2.75) is 32.4 Å². The molecule has 0 unspecified atom stereocenters. The number of cyclic esters (lactones) is 2. The van der Waals surface area contributed by atoms with Crippen molar-refractivity contribution < 1.29 is 33.5 Å². The molecule has 9 nitrogen and oxygen atoms in total. The molecule has 0 radical (unpaired) electrons. The molecule has 1 aliphatic heterocycles. The summed E-state index contributed by atoms with van der Waals surface area (Å²) in [7, 11) is 0. The average molecular weight is 342 g/mol. The maximum atomic E-state index is 13.9. The Morgan fingerprint density at radius 2 is 1.92 bits per heavy atom. The van der Waals surface area contributed by atoms with Gasteiger partial charge in [0.15, 0.2) is 0 Å². The Labute approximate surface area is 135 Å². The lowest BCUT2D eigenvalue weighted by Crippen LogP contribution is -2.46. The fourth-order valence-electron chi connectivity index (χ4n) is 2.15. The third kappa shape index (κ3) is 3.84. The standard InChI is InChI=1S/C14H15FN2O7/c1-8(2)16(7-14(20)23-12(18)13(19)24-14)6-9-5-10(17(21)22)3-4-11(9)15/h3-5,8,20H,6-7H2,1-2H3. The minimum atomic E-state index is -2.48. The normalized spacial score (nSPS) is 16.4. The Hall–Kier alpha value is -2.59. The fourth-order valence-corrected chi connectivity index (χ4v) is 2.15. The van der Waals surface area contributed by atoms with E-state index in [0.717, 1.165) is 18.2 Å². The van der Waals surface area contributed by atoms with E-state index in [1.165, 1.54) is 4.90 Å². The van der Waals surface area contributed by atoms with E-state index >= 15 is 0 Å². The number of benzene rings is 1. The van der Waals surface area contributed by atoms with Gasteiger partial charge in [-0.05, 0) is 19.9 Å². The zero-order valence-electron chi connectivity index (χ0n) is 12.9. The number of carbonyl (C=O) groups excluding carboxylic acids is 2. The van der Waals surface area contributed by atoms with E-state index in [0.29, 0.717) is 0 Å². The van der Waals surface area contributed by atoms with Crippen LogP contribution in [0, 0.1) is 15.9 Å². The van der Waals surface area contributed by atoms with E-state index in [9.17, 15) is 29.2 Å². The number of hydrogen-bond acceptors (Lipinski definition) is 8. The Bertz CT molecular complexity index is 676. The van der Waals surface area contributed by atoms with Gasteiger partial charge in [0.25, 0.3) is 5.69 Å². The zero-order chi connectivity index (χ0) is 18.1. The summed E-state index contributed by atoms with van der Waals surface area (Å²) in [5, 5.41) is 20.8. The van der Waals surface area contributed by atoms with Gasteiger partial charge in [0.2, 0.25) is 0 Å². The minimum absolute atomic E-state index is 0.0113. The van der Waals surface area contributed by atoms with Gasteiger partial charge >= 0.3 is 17.9 Å². The van der Waals surface area contributed by atoms with Crippen LogP contribution >= 0.6 is 0 Å². The second-order valence-electron chi connectivity index (χ2n) is 5.52. The van der Waals surface area contributed by atoms with Gasteiger partial charge < -0.3 is 14.6 Å². The van der Waals surface area contributed by atoms with Crippen LogP contribution in [0.15, 0.2) is 18.2 Å². The summed E-state index contributed by atoms with van der Waals surface area (Å²) < 4.78 is 22.9. The molecular formula is C14H15FN2O7. The number of ether oxygens (including phenoxy) is 2. The number of nitro groups is 1. The number of nitro benzene ring substituents is 1. The predicted molar refractivity (Wildman–Crippen MR) is 75.7 cm³/mol. The minimum Gasteiger partial charge on any atom is -0.388 e. The lowest BCUT2D eigenvalue weighted by atomic mass is 10.1. The number of esters is 2. The molecule has 2 rings (SSSR count). The van der Waals surface area contributed by atoms with E-state index in [-0.39, 0.29) is 23.8 Å². The van der Waals surface area contributed by atoms with Crippen LogP contribution in [-0.2, 0) is 25.6 Å². The summed E-state index contributed by atoms with van der Waals surface area (Å²) >= 11 is 0. The Balaban J connectivity index is 2.21. The van der Waals surface area contributed by atoms with Crippen LogP contribution in [0.25, 0.3) is 0 Å². The fraction of sp³-hybridized carbons (Fsp3) is 0.429. The second kappa shape index (κ2) is 6.49. The number of non-ortho nitro benzene ring substituents is 1. The third-order valence-electron chi connectivity index (χ3n) is 3.42. The van der Waals surface area contributed by atoms with Crippen LogP contribution in [0.3, 0.4) is 0 Å². The van der Waals surface area contributed by atoms with Crippen LogP contribution in [0.4, 0.5) is 10.1 Å². The molecule has 24 heavy (non-hydrogen) atoms. The molecule has 0 amide bonds. The van der Waals surface area contributed by atoms with Crippen molar-refractivity contribution in [1.29, 1.82) is 0 Å². The number of hydrogen-bond donors (Lipinski definition) is 1. The van der Waals surface area contributed by atoms with Crippen LogP contribution in [0.1, 0.15) is 19.4 Å². The lowest BCUT2D eigenvalue weighted by Gasteiger charge is -2.31. The number of halogens is 1. The van der Waals surface area contributed by atoms with Gasteiger partial charge in [0.1, 0.15) is 12.4 Å². The molecule has 1 N–H and O–H groups in total. The molecule has 0 aromatic heterocycles. The van der Waals surface area contributed by atoms with Gasteiger partial charge in [-0.25, -0.2) is 14.0 Å². The van der Waals surface area contributed by atoms with Crippen molar-refractivity contribution in [2.75, 3.05) is 6.54 Å². The third-order valence-corrected chi connectivity index (χ3v) is 3.42. The number of aliphatic hydroxyl groups is 1. The molecule has 0 saturated carbocycles. The first-order valence-corrected chi connectivity index (χ1v) is 6.97. The molecule has 1 fully saturated rings. The van der Waals surface area contributed by atoms with Crippen molar-refractivity contribution in [2.24, 2.45) is 0 Å². The maximum Gasteiger partial charge on any atom is 0.422 e. The van der Waals surface area contributed by atoms with Gasteiger partial charge in [-0.15, -0.1) is 0 Å².